The van der Waals surface area contributed by atoms with Gasteiger partial charge < -0.3 is 10.0 Å². The van der Waals surface area contributed by atoms with Gasteiger partial charge in [-0.1, -0.05) is 79.9 Å². The van der Waals surface area contributed by atoms with Crippen molar-refractivity contribution in [2.24, 2.45) is 11.8 Å². The highest BCUT2D eigenvalue weighted by atomic mass is 32.1. The summed E-state index contributed by atoms with van der Waals surface area (Å²) in [6.45, 7) is 7.22. The lowest BCUT2D eigenvalue weighted by Gasteiger charge is -2.35. The van der Waals surface area contributed by atoms with Gasteiger partial charge in [0, 0.05) is 36.9 Å². The molecule has 3 aromatic rings. The topological polar surface area (TPSA) is 56.7 Å². The zero-order valence-electron chi connectivity index (χ0n) is 24.5. The van der Waals surface area contributed by atoms with Crippen molar-refractivity contribution in [1.29, 1.82) is 0 Å². The molecule has 0 amide bonds. The first-order valence-electron chi connectivity index (χ1n) is 15.8. The second-order valence-corrected chi connectivity index (χ2v) is 13.8. The summed E-state index contributed by atoms with van der Waals surface area (Å²) in [5, 5.41) is 11.6. The average Bonchev–Trinajstić information content (AvgIpc) is 3.57. The van der Waals surface area contributed by atoms with Crippen molar-refractivity contribution in [1.82, 2.24) is 14.8 Å². The Morgan fingerprint density at radius 3 is 2.32 bits per heavy atom. The molecule has 3 unspecified atom stereocenters. The molecule has 0 spiro atoms. The predicted octanol–water partition coefficient (Wildman–Crippen LogP) is 6.97. The van der Waals surface area contributed by atoms with Gasteiger partial charge in [-0.2, -0.15) is 0 Å². The summed E-state index contributed by atoms with van der Waals surface area (Å²) in [6, 6.07) is 21.2. The lowest BCUT2D eigenvalue weighted by atomic mass is 9.83. The maximum Gasteiger partial charge on any atom is 0.321 e. The number of thiazole rings is 1. The molecule has 0 bridgehead atoms. The van der Waals surface area contributed by atoms with E-state index in [1.54, 1.807) is 0 Å². The van der Waals surface area contributed by atoms with Gasteiger partial charge in [0.1, 0.15) is 6.04 Å². The molecule has 5 nitrogen and oxygen atoms in total. The standard InChI is InChI=1S/C35H45N3O2S/c1-25-34(41-32(36-25)21-26-11-5-2-6-12-26)29-17-19-37(20-18-29)22-30-23-38(24-31(30)27-13-7-3-8-14-27)33(35(39)40)28-15-9-4-10-16-28/h2-3,5-8,11-14,28-31,33H,4,9-10,15-24H2,1H3,(H,39,40). The van der Waals surface area contributed by atoms with Crippen LogP contribution in [0.4, 0.5) is 0 Å². The largest absolute Gasteiger partial charge is 0.480 e. The van der Waals surface area contributed by atoms with Gasteiger partial charge in [-0.05, 0) is 74.6 Å². The SMILES string of the molecule is Cc1nc(Cc2ccccc2)sc1C1CCN(CC2CN(C(C(=O)O)C3CCCCC3)CC2c2ccccc2)CC1. The molecule has 1 aromatic heterocycles. The minimum atomic E-state index is -0.614. The third-order valence-corrected chi connectivity index (χ3v) is 11.3. The number of aryl methyl sites for hydroxylation is 1. The van der Waals surface area contributed by atoms with E-state index in [-0.39, 0.29) is 6.04 Å². The first kappa shape index (κ1) is 28.6. The molecular formula is C35H45N3O2S. The number of hydrogen-bond acceptors (Lipinski definition) is 5. The summed E-state index contributed by atoms with van der Waals surface area (Å²) < 4.78 is 0. The molecule has 2 aromatic carbocycles. The lowest BCUT2D eigenvalue weighted by Crippen LogP contribution is -2.46. The molecule has 3 heterocycles. The molecule has 2 aliphatic heterocycles. The molecule has 3 aliphatic rings. The summed E-state index contributed by atoms with van der Waals surface area (Å²) in [4.78, 5) is 24.0. The predicted molar refractivity (Wildman–Crippen MR) is 167 cm³/mol. The number of likely N-dealkylation sites (tertiary alicyclic amines) is 2. The molecule has 1 saturated carbocycles. The van der Waals surface area contributed by atoms with Crippen molar-refractivity contribution in [3.8, 4) is 0 Å². The van der Waals surface area contributed by atoms with Crippen LogP contribution in [0.3, 0.4) is 0 Å². The van der Waals surface area contributed by atoms with E-state index in [0.717, 1.165) is 52.0 Å². The summed E-state index contributed by atoms with van der Waals surface area (Å²) in [5.41, 5.74) is 3.92. The number of carbonyl (C=O) groups is 1. The number of rotatable bonds is 9. The highest BCUT2D eigenvalue weighted by Crippen LogP contribution is 2.40. The zero-order valence-corrected chi connectivity index (χ0v) is 25.3. The molecular weight excluding hydrogens is 526 g/mol. The van der Waals surface area contributed by atoms with Gasteiger partial charge in [0.2, 0.25) is 0 Å². The Balaban J connectivity index is 1.11. The van der Waals surface area contributed by atoms with Crippen LogP contribution in [-0.2, 0) is 11.2 Å². The fourth-order valence-corrected chi connectivity index (χ4v) is 9.17. The Bertz CT molecular complexity index is 1270. The van der Waals surface area contributed by atoms with Crippen LogP contribution in [0.2, 0.25) is 0 Å². The summed E-state index contributed by atoms with van der Waals surface area (Å²) in [6.07, 6.45) is 9.01. The van der Waals surface area contributed by atoms with E-state index in [9.17, 15) is 9.90 Å². The second-order valence-electron chi connectivity index (χ2n) is 12.7. The van der Waals surface area contributed by atoms with E-state index < -0.39 is 5.97 Å². The summed E-state index contributed by atoms with van der Waals surface area (Å²) >= 11 is 1.92. The average molecular weight is 572 g/mol. The minimum Gasteiger partial charge on any atom is -0.480 e. The van der Waals surface area contributed by atoms with Gasteiger partial charge in [0.25, 0.3) is 0 Å². The number of nitrogens with zero attached hydrogens (tertiary/aromatic N) is 3. The molecule has 1 N–H and O–H groups in total. The fourth-order valence-electron chi connectivity index (χ4n) is 7.90. The van der Waals surface area contributed by atoms with E-state index in [1.165, 1.54) is 58.8 Å². The third kappa shape index (κ3) is 6.76. The van der Waals surface area contributed by atoms with E-state index >= 15 is 0 Å². The number of aliphatic carboxylic acids is 1. The van der Waals surface area contributed by atoms with Crippen LogP contribution < -0.4 is 0 Å². The van der Waals surface area contributed by atoms with E-state index in [1.807, 2.05) is 11.3 Å². The molecule has 3 atom stereocenters. The Morgan fingerprint density at radius 1 is 0.951 bits per heavy atom. The number of hydrogen-bond donors (Lipinski definition) is 1. The normalized spacial score (nSPS) is 24.0. The molecule has 6 rings (SSSR count). The summed E-state index contributed by atoms with van der Waals surface area (Å²) in [5.74, 6) is 1.13. The van der Waals surface area contributed by atoms with Gasteiger partial charge in [0.15, 0.2) is 0 Å². The highest BCUT2D eigenvalue weighted by Gasteiger charge is 2.43. The number of benzene rings is 2. The van der Waals surface area contributed by atoms with Gasteiger partial charge in [-0.15, -0.1) is 11.3 Å². The Hall–Kier alpha value is -2.54. The van der Waals surface area contributed by atoms with Crippen molar-refractivity contribution in [2.75, 3.05) is 32.7 Å². The molecule has 41 heavy (non-hydrogen) atoms. The van der Waals surface area contributed by atoms with Crippen LogP contribution in [0.1, 0.15) is 83.5 Å². The first-order chi connectivity index (χ1) is 20.0. The van der Waals surface area contributed by atoms with E-state index in [2.05, 4.69) is 77.4 Å². The smallest absolute Gasteiger partial charge is 0.321 e. The van der Waals surface area contributed by atoms with Crippen molar-refractivity contribution in [2.45, 2.75) is 76.2 Å². The van der Waals surface area contributed by atoms with Crippen LogP contribution in [-0.4, -0.2) is 64.6 Å². The van der Waals surface area contributed by atoms with E-state index in [4.69, 9.17) is 4.98 Å². The molecule has 6 heteroatoms. The van der Waals surface area contributed by atoms with Crippen LogP contribution in [0.15, 0.2) is 60.7 Å². The molecule has 218 valence electrons. The maximum absolute atomic E-state index is 12.6. The van der Waals surface area contributed by atoms with Gasteiger partial charge in [-0.25, -0.2) is 4.98 Å². The van der Waals surface area contributed by atoms with Crippen LogP contribution in [0, 0.1) is 18.8 Å². The maximum atomic E-state index is 12.6. The van der Waals surface area contributed by atoms with Crippen LogP contribution in [0.25, 0.3) is 0 Å². The van der Waals surface area contributed by atoms with Crippen molar-refractivity contribution in [3.63, 3.8) is 0 Å². The molecule has 2 saturated heterocycles. The Kier molecular flexibility index (Phi) is 9.19. The zero-order chi connectivity index (χ0) is 28.2. The van der Waals surface area contributed by atoms with Gasteiger partial charge in [0.05, 0.1) is 10.7 Å². The van der Waals surface area contributed by atoms with Crippen molar-refractivity contribution < 1.29 is 9.90 Å². The van der Waals surface area contributed by atoms with Crippen molar-refractivity contribution in [3.05, 3.63) is 87.4 Å². The van der Waals surface area contributed by atoms with Crippen molar-refractivity contribution >= 4 is 17.3 Å². The van der Waals surface area contributed by atoms with Crippen LogP contribution in [0.5, 0.6) is 0 Å². The third-order valence-electron chi connectivity index (χ3n) is 9.97. The quantitative estimate of drug-likeness (QED) is 0.301. The Labute approximate surface area is 249 Å². The number of piperidine rings is 1. The monoisotopic (exact) mass is 571 g/mol. The lowest BCUT2D eigenvalue weighted by molar-refractivity contribution is -0.145. The number of carboxylic acid groups (broad SMARTS) is 1. The number of carboxylic acids is 1. The second kappa shape index (κ2) is 13.2. The fraction of sp³-hybridized carbons (Fsp3) is 0.543. The molecule has 1 aliphatic carbocycles. The van der Waals surface area contributed by atoms with Gasteiger partial charge in [-0.3, -0.25) is 9.69 Å². The Morgan fingerprint density at radius 2 is 1.63 bits per heavy atom. The highest BCUT2D eigenvalue weighted by molar-refractivity contribution is 7.11. The number of aromatic nitrogens is 1. The van der Waals surface area contributed by atoms with Crippen LogP contribution >= 0.6 is 11.3 Å². The summed E-state index contributed by atoms with van der Waals surface area (Å²) in [7, 11) is 0. The molecule has 0 radical (unpaired) electrons. The minimum absolute atomic E-state index is 0.293. The van der Waals surface area contributed by atoms with E-state index in [0.29, 0.717) is 23.7 Å². The molecule has 3 fully saturated rings. The van der Waals surface area contributed by atoms with Gasteiger partial charge >= 0.3 is 5.97 Å². The first-order valence-corrected chi connectivity index (χ1v) is 16.6.